The molecule has 1 unspecified atom stereocenters. The molecule has 12 rings (SSSR count). The maximum absolute atomic E-state index is 6.62. The van der Waals surface area contributed by atoms with Crippen molar-refractivity contribution in [2.24, 2.45) is 10.8 Å². The van der Waals surface area contributed by atoms with Gasteiger partial charge in [0.05, 0.1) is 58.9 Å². The lowest BCUT2D eigenvalue weighted by Gasteiger charge is -2.37. The summed E-state index contributed by atoms with van der Waals surface area (Å²) in [5.74, 6) is 3.10. The molecule has 2 saturated heterocycles. The van der Waals surface area contributed by atoms with E-state index in [4.69, 9.17) is 33.2 Å². The second-order valence-corrected chi connectivity index (χ2v) is 23.5. The van der Waals surface area contributed by atoms with Gasteiger partial charge in [0, 0.05) is 88.1 Å². The summed E-state index contributed by atoms with van der Waals surface area (Å²) in [6.07, 6.45) is 10.4. The molecular weight excluding hydrogens is 1080 g/mol. The minimum absolute atomic E-state index is 0.0239. The van der Waals surface area contributed by atoms with Gasteiger partial charge in [0.2, 0.25) is 0 Å². The third kappa shape index (κ3) is 15.0. The molecule has 0 radical (unpaired) electrons. The molecule has 0 aromatic heterocycles. The van der Waals surface area contributed by atoms with Crippen LogP contribution in [0.15, 0.2) is 255 Å². The molecule has 9 aromatic rings. The molecule has 87 heavy (non-hydrogen) atoms. The van der Waals surface area contributed by atoms with E-state index in [2.05, 4.69) is 253 Å². The molecule has 2 heterocycles. The first-order valence-corrected chi connectivity index (χ1v) is 30.6. The number of ether oxygens (including phenoxy) is 7. The minimum Gasteiger partial charge on any atom is -0.494 e. The summed E-state index contributed by atoms with van der Waals surface area (Å²) >= 11 is 0. The quantitative estimate of drug-likeness (QED) is 0.0443. The van der Waals surface area contributed by atoms with E-state index in [1.807, 2.05) is 30.3 Å². The second-order valence-electron chi connectivity index (χ2n) is 23.5. The second kappa shape index (κ2) is 28.1. The summed E-state index contributed by atoms with van der Waals surface area (Å²) in [5, 5.41) is 0. The summed E-state index contributed by atoms with van der Waals surface area (Å²) in [4.78, 5) is 6.95. The first kappa shape index (κ1) is 58.5. The Labute approximate surface area is 513 Å². The van der Waals surface area contributed by atoms with Crippen molar-refractivity contribution in [3.8, 4) is 34.1 Å². The van der Waals surface area contributed by atoms with Gasteiger partial charge in [-0.3, -0.25) is 0 Å². The van der Waals surface area contributed by atoms with Gasteiger partial charge in [-0.25, -0.2) is 0 Å². The molecule has 0 amide bonds. The third-order valence-corrected chi connectivity index (χ3v) is 16.1. The maximum atomic E-state index is 6.62. The fraction of sp³-hybridized carbons (Fsp3) is 0.247. The number of allylic oxidation sites excluding steroid dienone is 2. The Morgan fingerprint density at radius 3 is 1.34 bits per heavy atom. The van der Waals surface area contributed by atoms with Gasteiger partial charge in [0.15, 0.2) is 0 Å². The van der Waals surface area contributed by atoms with Crippen LogP contribution < -0.4 is 28.9 Å². The molecule has 0 N–H and O–H groups in total. The molecule has 0 spiro atoms. The molecule has 0 bridgehead atoms. The predicted octanol–water partition coefficient (Wildman–Crippen LogP) is 18.7. The lowest BCUT2D eigenvalue weighted by molar-refractivity contribution is -0.138. The van der Waals surface area contributed by atoms with Crippen LogP contribution in [-0.4, -0.2) is 72.1 Å². The zero-order chi connectivity index (χ0) is 59.1. The highest BCUT2D eigenvalue weighted by atomic mass is 16.5. The van der Waals surface area contributed by atoms with E-state index < -0.39 is 0 Å². The Bertz CT molecular complexity index is 3620. The van der Waals surface area contributed by atoms with Gasteiger partial charge in [-0.2, -0.15) is 0 Å². The Morgan fingerprint density at radius 1 is 0.391 bits per heavy atom. The molecule has 3 aliphatic rings. The lowest BCUT2D eigenvalue weighted by atomic mass is 9.90. The predicted molar refractivity (Wildman–Crippen MR) is 353 cm³/mol. The van der Waals surface area contributed by atoms with Gasteiger partial charge >= 0.3 is 0 Å². The van der Waals surface area contributed by atoms with Gasteiger partial charge in [-0.05, 0) is 163 Å². The molecular formula is C77H77N3O7. The zero-order valence-corrected chi connectivity index (χ0v) is 49.9. The lowest BCUT2D eigenvalue weighted by Crippen LogP contribution is -2.43. The maximum Gasteiger partial charge on any atom is 0.127 e. The van der Waals surface area contributed by atoms with Crippen molar-refractivity contribution in [2.75, 3.05) is 80.8 Å². The molecule has 10 nitrogen and oxygen atoms in total. The first-order chi connectivity index (χ1) is 42.8. The highest BCUT2D eigenvalue weighted by Crippen LogP contribution is 2.41. The van der Waals surface area contributed by atoms with Gasteiger partial charge < -0.3 is 47.9 Å². The fourth-order valence-electron chi connectivity index (χ4n) is 11.3. The van der Waals surface area contributed by atoms with Crippen LogP contribution in [0.5, 0.6) is 23.0 Å². The zero-order valence-electron chi connectivity index (χ0n) is 49.9. The van der Waals surface area contributed by atoms with E-state index in [1.165, 1.54) is 16.7 Å². The number of hydrogen-bond acceptors (Lipinski definition) is 10. The molecule has 9 aromatic carbocycles. The average molecular weight is 1160 g/mol. The van der Waals surface area contributed by atoms with Crippen molar-refractivity contribution in [2.45, 2.75) is 45.6 Å². The van der Waals surface area contributed by atoms with Crippen molar-refractivity contribution in [3.63, 3.8) is 0 Å². The summed E-state index contributed by atoms with van der Waals surface area (Å²) in [6, 6.07) is 82.6. The molecule has 2 fully saturated rings. The average Bonchev–Trinajstić information content (AvgIpc) is 1.90. The van der Waals surface area contributed by atoms with E-state index in [9.17, 15) is 0 Å². The highest BCUT2D eigenvalue weighted by molar-refractivity contribution is 5.82. The van der Waals surface area contributed by atoms with E-state index >= 15 is 0 Å². The number of hydrogen-bond donors (Lipinski definition) is 0. The number of rotatable bonds is 28. The smallest absolute Gasteiger partial charge is 0.127 e. The van der Waals surface area contributed by atoms with E-state index in [0.717, 1.165) is 139 Å². The molecule has 10 heteroatoms. The summed E-state index contributed by atoms with van der Waals surface area (Å²) in [5.41, 5.74) is 13.4. The van der Waals surface area contributed by atoms with Gasteiger partial charge in [-0.15, -0.1) is 0 Å². The van der Waals surface area contributed by atoms with Crippen molar-refractivity contribution >= 4 is 51.1 Å². The van der Waals surface area contributed by atoms with E-state index in [1.54, 1.807) is 0 Å². The third-order valence-electron chi connectivity index (χ3n) is 16.1. The molecule has 0 saturated carbocycles. The van der Waals surface area contributed by atoms with Crippen LogP contribution >= 0.6 is 0 Å². The normalized spacial score (nSPS) is 15.5. The summed E-state index contributed by atoms with van der Waals surface area (Å²) in [7, 11) is 0. The van der Waals surface area contributed by atoms with Crippen LogP contribution in [0.4, 0.5) is 45.5 Å². The highest BCUT2D eigenvalue weighted by Gasteiger charge is 2.34. The number of para-hydroxylation sites is 2. The Hall–Kier alpha value is -8.90. The molecule has 1 atom stereocenters. The monoisotopic (exact) mass is 1160 g/mol. The summed E-state index contributed by atoms with van der Waals surface area (Å²) in [6.45, 7) is 11.5. The van der Waals surface area contributed by atoms with Crippen molar-refractivity contribution < 1.29 is 33.2 Å². The Balaban J connectivity index is 0.749. The van der Waals surface area contributed by atoms with Gasteiger partial charge in [0.25, 0.3) is 0 Å². The van der Waals surface area contributed by atoms with Gasteiger partial charge in [0.1, 0.15) is 23.0 Å². The van der Waals surface area contributed by atoms with Crippen molar-refractivity contribution in [1.29, 1.82) is 0 Å². The fourth-order valence-corrected chi connectivity index (χ4v) is 11.3. The first-order valence-electron chi connectivity index (χ1n) is 30.6. The Kier molecular flexibility index (Phi) is 18.9. The molecule has 2 aliphatic heterocycles. The van der Waals surface area contributed by atoms with E-state index in [-0.39, 0.29) is 16.9 Å². The van der Waals surface area contributed by atoms with Crippen LogP contribution in [0.1, 0.15) is 45.1 Å². The van der Waals surface area contributed by atoms with Crippen molar-refractivity contribution in [1.82, 2.24) is 0 Å². The minimum atomic E-state index is 0.0239. The van der Waals surface area contributed by atoms with Crippen LogP contribution in [0.3, 0.4) is 0 Å². The Morgan fingerprint density at radius 2 is 0.816 bits per heavy atom. The number of nitrogens with zero attached hydrogens (tertiary/aromatic N) is 3. The van der Waals surface area contributed by atoms with Crippen LogP contribution in [0, 0.1) is 10.8 Å². The SMILES string of the molecule is CC1(COCCCCOc2cccc(N(c3ccc(Oc4ccc(N(c5cccc(OCCCOCC6(C)COC6)c5)C5C=CC(c6ccc(N(c7ccccc7)c7ccccc7)cc6)=CC5)cc4)cc3)c3ccc(-c4ccccc4)cc3)c2)COC1. The largest absolute Gasteiger partial charge is 0.494 e. The van der Waals surface area contributed by atoms with Gasteiger partial charge in [-0.1, -0.05) is 135 Å². The number of benzene rings is 9. The van der Waals surface area contributed by atoms with Crippen LogP contribution in [-0.2, 0) is 18.9 Å². The standard InChI is InChI=1S/C77H77N3O7/c1-76(55-83-56-76)53-81-47-12-13-49-85-74-25-14-23-70(51-74)79(66-35-27-60(28-36-66)59-17-6-3-7-18-59)68-39-43-72(44-40-68)87-73-45-41-69(42-46-73)80(71-24-15-26-75(52-71)86-50-16-48-82-54-77(2)57-84-58-77)67-37-31-62(32-38-67)61-29-33-65(34-30-61)78(63-19-8-4-9-20-63)64-21-10-5-11-22-64/h3-11,14-15,17-37,39-46,51-52,67H,12-13,16,38,47-50,53-58H2,1-2H3. The van der Waals surface area contributed by atoms with E-state index in [0.29, 0.717) is 26.4 Å². The van der Waals surface area contributed by atoms with Crippen molar-refractivity contribution in [3.05, 3.63) is 260 Å². The number of anilines is 8. The van der Waals surface area contributed by atoms with Crippen LogP contribution in [0.25, 0.3) is 16.7 Å². The van der Waals surface area contributed by atoms with Crippen LogP contribution in [0.2, 0.25) is 0 Å². The summed E-state index contributed by atoms with van der Waals surface area (Å²) < 4.78 is 42.1. The molecule has 442 valence electrons. The number of unbranched alkanes of at least 4 members (excludes halogenated alkanes) is 1. The molecule has 1 aliphatic carbocycles. The topological polar surface area (TPSA) is 74.3 Å².